The minimum Gasteiger partial charge on any atom is -0.462 e. The van der Waals surface area contributed by atoms with Crippen molar-refractivity contribution in [2.75, 3.05) is 13.2 Å². The summed E-state index contributed by atoms with van der Waals surface area (Å²) < 4.78 is 16.7. The van der Waals surface area contributed by atoms with Crippen LogP contribution in [0, 0.1) is 0 Å². The predicted octanol–water partition coefficient (Wildman–Crippen LogP) is 16.2. The van der Waals surface area contributed by atoms with Crippen LogP contribution in [0.5, 0.6) is 0 Å². The van der Waals surface area contributed by atoms with E-state index in [9.17, 15) is 14.4 Å². The van der Waals surface area contributed by atoms with Gasteiger partial charge in [-0.25, -0.2) is 0 Å². The molecule has 0 heterocycles. The topological polar surface area (TPSA) is 78.9 Å². The molecule has 0 spiro atoms. The first-order chi connectivity index (χ1) is 30.0. The Hall–Kier alpha value is -3.67. The molecule has 0 aliphatic rings. The molecule has 0 aliphatic heterocycles. The van der Waals surface area contributed by atoms with Crippen molar-refractivity contribution in [1.82, 2.24) is 0 Å². The summed E-state index contributed by atoms with van der Waals surface area (Å²) in [6.07, 6.45) is 64.0. The molecule has 0 bridgehead atoms. The van der Waals surface area contributed by atoms with E-state index in [0.717, 1.165) is 96.3 Å². The molecule has 6 heteroatoms. The van der Waals surface area contributed by atoms with Crippen LogP contribution >= 0.6 is 0 Å². The highest BCUT2D eigenvalue weighted by Crippen LogP contribution is 2.14. The molecule has 346 valence electrons. The molecule has 0 aromatic heterocycles. The van der Waals surface area contributed by atoms with Crippen molar-refractivity contribution < 1.29 is 28.6 Å². The van der Waals surface area contributed by atoms with Crippen molar-refractivity contribution >= 4 is 17.9 Å². The maximum absolute atomic E-state index is 12.8. The molecule has 0 N–H and O–H groups in total. The van der Waals surface area contributed by atoms with Crippen molar-refractivity contribution in [1.29, 1.82) is 0 Å². The number of esters is 3. The van der Waals surface area contributed by atoms with Gasteiger partial charge in [-0.2, -0.15) is 0 Å². The Morgan fingerprint density at radius 1 is 0.361 bits per heavy atom. The first kappa shape index (κ1) is 57.3. The average molecular weight is 847 g/mol. The van der Waals surface area contributed by atoms with Gasteiger partial charge in [0, 0.05) is 19.3 Å². The van der Waals surface area contributed by atoms with Gasteiger partial charge in [0.15, 0.2) is 6.10 Å². The molecule has 6 nitrogen and oxygen atoms in total. The van der Waals surface area contributed by atoms with E-state index in [-0.39, 0.29) is 31.1 Å². The summed E-state index contributed by atoms with van der Waals surface area (Å²) in [4.78, 5) is 37.8. The molecule has 0 saturated carbocycles. The molecule has 0 saturated heterocycles. The van der Waals surface area contributed by atoms with E-state index in [1.165, 1.54) is 70.6 Å². The SMILES string of the molecule is CC\C=C/C=C\C=C/C=C\CCCCCCCC(=O)OC(COC(=O)CCC/C=C\CCCCCC)COC(=O)CCCCCCCCCCC/C=C\C/C=C\C/C=C\CC. The van der Waals surface area contributed by atoms with Gasteiger partial charge in [-0.05, 0) is 89.9 Å². The summed E-state index contributed by atoms with van der Waals surface area (Å²) in [6, 6.07) is 0. The standard InChI is InChI=1S/C55H90O6/c1-4-7-10-13-16-19-21-23-25-26-27-28-30-31-33-36-39-42-45-48-54(57)60-51-52(50-59-53(56)47-44-41-38-35-18-15-12-9-6-3)61-55(58)49-46-43-40-37-34-32-29-24-22-20-17-14-11-8-5-2/h7-8,10-11,14,16-17,19-20,22-25,29,35,38,52H,4-6,9,12-13,15,18,21,26-28,30-34,36-37,39-51H2,1-3H3/b10-7-,11-8-,17-14-,19-16-,22-20-,25-23-,29-24-,38-35-. The largest absolute Gasteiger partial charge is 0.462 e. The fourth-order valence-electron chi connectivity index (χ4n) is 6.47. The molecule has 0 amide bonds. The van der Waals surface area contributed by atoms with Gasteiger partial charge in [0.05, 0.1) is 0 Å². The van der Waals surface area contributed by atoms with E-state index in [1.54, 1.807) is 0 Å². The molecule has 61 heavy (non-hydrogen) atoms. The van der Waals surface area contributed by atoms with Crippen LogP contribution in [0.3, 0.4) is 0 Å². The molecular weight excluding hydrogens is 757 g/mol. The summed E-state index contributed by atoms with van der Waals surface area (Å²) in [5.41, 5.74) is 0. The van der Waals surface area contributed by atoms with Crippen LogP contribution in [0.4, 0.5) is 0 Å². The quantitative estimate of drug-likeness (QED) is 0.0200. The lowest BCUT2D eigenvalue weighted by atomic mass is 10.1. The molecule has 0 aromatic carbocycles. The monoisotopic (exact) mass is 847 g/mol. The van der Waals surface area contributed by atoms with Gasteiger partial charge in [-0.15, -0.1) is 0 Å². The second-order valence-corrected chi connectivity index (χ2v) is 16.0. The van der Waals surface area contributed by atoms with E-state index in [0.29, 0.717) is 25.7 Å². The first-order valence-corrected chi connectivity index (χ1v) is 24.8. The lowest BCUT2D eigenvalue weighted by Gasteiger charge is -2.18. The Kier molecular flexibility index (Phi) is 46.0. The average Bonchev–Trinajstić information content (AvgIpc) is 3.26. The molecule has 0 fully saturated rings. The molecule has 0 radical (unpaired) electrons. The summed E-state index contributed by atoms with van der Waals surface area (Å²) in [5.74, 6) is -0.971. The van der Waals surface area contributed by atoms with E-state index >= 15 is 0 Å². The third-order valence-corrected chi connectivity index (χ3v) is 10.1. The highest BCUT2D eigenvalue weighted by atomic mass is 16.6. The summed E-state index contributed by atoms with van der Waals surface area (Å²) in [5, 5.41) is 0. The van der Waals surface area contributed by atoms with E-state index in [2.05, 4.69) is 93.7 Å². The van der Waals surface area contributed by atoms with Crippen molar-refractivity contribution in [2.45, 2.75) is 219 Å². The molecular formula is C55H90O6. The van der Waals surface area contributed by atoms with Gasteiger partial charge in [-0.1, -0.05) is 201 Å². The number of hydrogen-bond donors (Lipinski definition) is 0. The van der Waals surface area contributed by atoms with Crippen molar-refractivity contribution in [3.8, 4) is 0 Å². The highest BCUT2D eigenvalue weighted by molar-refractivity contribution is 5.71. The van der Waals surface area contributed by atoms with Crippen LogP contribution in [-0.4, -0.2) is 37.2 Å². The summed E-state index contributed by atoms with van der Waals surface area (Å²) >= 11 is 0. The fourth-order valence-corrected chi connectivity index (χ4v) is 6.47. The van der Waals surface area contributed by atoms with Crippen LogP contribution in [0.2, 0.25) is 0 Å². The number of carbonyl (C=O) groups is 3. The normalized spacial score (nSPS) is 12.9. The smallest absolute Gasteiger partial charge is 0.306 e. The Labute approximate surface area is 375 Å². The third-order valence-electron chi connectivity index (χ3n) is 10.1. The Morgan fingerprint density at radius 3 is 1.28 bits per heavy atom. The van der Waals surface area contributed by atoms with Crippen LogP contribution in [0.25, 0.3) is 0 Å². The third kappa shape index (κ3) is 47.2. The molecule has 0 aromatic rings. The van der Waals surface area contributed by atoms with Crippen molar-refractivity contribution in [3.63, 3.8) is 0 Å². The minimum atomic E-state index is -0.802. The Morgan fingerprint density at radius 2 is 0.738 bits per heavy atom. The zero-order chi connectivity index (χ0) is 44.4. The van der Waals surface area contributed by atoms with Gasteiger partial charge in [0.25, 0.3) is 0 Å². The fraction of sp³-hybridized carbons (Fsp3) is 0.655. The number of ether oxygens (including phenoxy) is 3. The van der Waals surface area contributed by atoms with Gasteiger partial charge >= 0.3 is 17.9 Å². The van der Waals surface area contributed by atoms with Gasteiger partial charge in [0.2, 0.25) is 0 Å². The predicted molar refractivity (Wildman–Crippen MR) is 260 cm³/mol. The van der Waals surface area contributed by atoms with Crippen LogP contribution in [0.1, 0.15) is 213 Å². The Bertz CT molecular complexity index is 1250. The Balaban J connectivity index is 4.39. The molecule has 0 rings (SSSR count). The lowest BCUT2D eigenvalue weighted by molar-refractivity contribution is -0.167. The van der Waals surface area contributed by atoms with Crippen LogP contribution < -0.4 is 0 Å². The number of rotatable bonds is 43. The van der Waals surface area contributed by atoms with Crippen molar-refractivity contribution in [2.24, 2.45) is 0 Å². The summed E-state index contributed by atoms with van der Waals surface area (Å²) in [7, 11) is 0. The van der Waals surface area contributed by atoms with Gasteiger partial charge in [-0.3, -0.25) is 14.4 Å². The highest BCUT2D eigenvalue weighted by Gasteiger charge is 2.19. The van der Waals surface area contributed by atoms with E-state index in [4.69, 9.17) is 14.2 Å². The number of unbranched alkanes of at least 4 members (excludes halogenated alkanes) is 19. The first-order valence-electron chi connectivity index (χ1n) is 24.8. The lowest BCUT2D eigenvalue weighted by Crippen LogP contribution is -2.30. The number of allylic oxidation sites excluding steroid dienone is 16. The number of hydrogen-bond acceptors (Lipinski definition) is 6. The van der Waals surface area contributed by atoms with Gasteiger partial charge < -0.3 is 14.2 Å². The van der Waals surface area contributed by atoms with E-state index in [1.807, 2.05) is 24.3 Å². The minimum absolute atomic E-state index is 0.0999. The second-order valence-electron chi connectivity index (χ2n) is 16.0. The van der Waals surface area contributed by atoms with Crippen LogP contribution in [0.15, 0.2) is 97.2 Å². The zero-order valence-electron chi connectivity index (χ0n) is 39.4. The van der Waals surface area contributed by atoms with Crippen molar-refractivity contribution in [3.05, 3.63) is 97.2 Å². The summed E-state index contributed by atoms with van der Waals surface area (Å²) in [6.45, 7) is 6.29. The number of carbonyl (C=O) groups excluding carboxylic acids is 3. The maximum atomic E-state index is 12.8. The van der Waals surface area contributed by atoms with Gasteiger partial charge in [0.1, 0.15) is 13.2 Å². The van der Waals surface area contributed by atoms with E-state index < -0.39 is 6.10 Å². The molecule has 0 aliphatic carbocycles. The molecule has 1 unspecified atom stereocenters. The zero-order valence-corrected chi connectivity index (χ0v) is 39.4. The molecule has 1 atom stereocenters. The second kappa shape index (κ2) is 49.0. The maximum Gasteiger partial charge on any atom is 0.306 e. The van der Waals surface area contributed by atoms with Crippen LogP contribution in [-0.2, 0) is 28.6 Å².